The Hall–Kier alpha value is -3.51. The van der Waals surface area contributed by atoms with Crippen LogP contribution in [0.15, 0.2) is 30.5 Å². The first kappa shape index (κ1) is 24.2. The van der Waals surface area contributed by atoms with Gasteiger partial charge in [0.2, 0.25) is 21.7 Å². The van der Waals surface area contributed by atoms with E-state index in [4.69, 9.17) is 9.47 Å². The van der Waals surface area contributed by atoms with E-state index in [-0.39, 0.29) is 23.6 Å². The van der Waals surface area contributed by atoms with Crippen LogP contribution in [0.2, 0.25) is 0 Å². The standard InChI is InChI=1S/C24H28N6O5S/c1-29(2)9-4-10-34-24-20(28-36(32,33)17-6-7-17)12-16(13-25-24)15-5-8-19-18(11-15)22-23(27-26-19)30(3)21(31)14-35-22/h5,8,11-13,17,28H,4,6-7,9-10,14H2,1-3H3. The number of anilines is 2. The smallest absolute Gasteiger partial charge is 0.265 e. The number of likely N-dealkylation sites (N-methyl/N-ethyl adjacent to an activating group) is 1. The predicted molar refractivity (Wildman–Crippen MR) is 136 cm³/mol. The summed E-state index contributed by atoms with van der Waals surface area (Å²) in [5, 5.41) is 8.67. The molecule has 1 aliphatic heterocycles. The topological polar surface area (TPSA) is 127 Å². The molecule has 0 atom stereocenters. The number of fused-ring (bicyclic) bond motifs is 3. The Labute approximate surface area is 209 Å². The van der Waals surface area contributed by atoms with Gasteiger partial charge in [-0.05, 0) is 57.1 Å². The van der Waals surface area contributed by atoms with Crippen molar-refractivity contribution in [2.45, 2.75) is 24.5 Å². The second-order valence-corrected chi connectivity index (χ2v) is 11.2. The second kappa shape index (κ2) is 9.51. The van der Waals surface area contributed by atoms with E-state index in [1.165, 1.54) is 4.90 Å². The lowest BCUT2D eigenvalue weighted by Crippen LogP contribution is -2.36. The van der Waals surface area contributed by atoms with Crippen LogP contribution in [0.4, 0.5) is 11.5 Å². The Kier molecular flexibility index (Phi) is 6.39. The molecule has 1 aromatic carbocycles. The van der Waals surface area contributed by atoms with Crippen molar-refractivity contribution in [2.24, 2.45) is 0 Å². The molecule has 0 unspecified atom stereocenters. The van der Waals surface area contributed by atoms with Crippen molar-refractivity contribution < 1.29 is 22.7 Å². The molecular formula is C24H28N6O5S. The molecule has 5 rings (SSSR count). The molecule has 11 nitrogen and oxygen atoms in total. The third-order valence-corrected chi connectivity index (χ3v) is 7.97. The first-order valence-electron chi connectivity index (χ1n) is 11.7. The average Bonchev–Trinajstić information content (AvgIpc) is 3.70. The molecule has 2 aromatic heterocycles. The van der Waals surface area contributed by atoms with Crippen LogP contribution in [0, 0.1) is 0 Å². The number of hydrogen-bond acceptors (Lipinski definition) is 9. The van der Waals surface area contributed by atoms with Gasteiger partial charge in [-0.2, -0.15) is 0 Å². The van der Waals surface area contributed by atoms with Gasteiger partial charge < -0.3 is 14.4 Å². The Morgan fingerprint density at radius 1 is 1.19 bits per heavy atom. The third kappa shape index (κ3) is 4.91. The summed E-state index contributed by atoms with van der Waals surface area (Å²) in [5.74, 6) is 0.875. The largest absolute Gasteiger partial charge is 0.479 e. The van der Waals surface area contributed by atoms with Gasteiger partial charge in [-0.25, -0.2) is 13.4 Å². The van der Waals surface area contributed by atoms with Crippen molar-refractivity contribution in [3.05, 3.63) is 30.5 Å². The number of pyridine rings is 1. The molecule has 12 heteroatoms. The summed E-state index contributed by atoms with van der Waals surface area (Å²) in [7, 11) is 2.08. The van der Waals surface area contributed by atoms with Gasteiger partial charge in [0.15, 0.2) is 12.4 Å². The Balaban J connectivity index is 1.50. The zero-order valence-corrected chi connectivity index (χ0v) is 21.2. The zero-order valence-electron chi connectivity index (χ0n) is 20.4. The summed E-state index contributed by atoms with van der Waals surface area (Å²) >= 11 is 0. The highest BCUT2D eigenvalue weighted by Crippen LogP contribution is 2.38. The van der Waals surface area contributed by atoms with Gasteiger partial charge in [0.1, 0.15) is 5.69 Å². The first-order valence-corrected chi connectivity index (χ1v) is 13.3. The number of benzene rings is 1. The number of nitrogens with one attached hydrogen (secondary N) is 1. The summed E-state index contributed by atoms with van der Waals surface area (Å²) in [4.78, 5) is 19.9. The van der Waals surface area contributed by atoms with Gasteiger partial charge >= 0.3 is 0 Å². The van der Waals surface area contributed by atoms with Gasteiger partial charge in [0.25, 0.3) is 5.91 Å². The van der Waals surface area contributed by atoms with Crippen molar-refractivity contribution in [1.29, 1.82) is 0 Å². The van der Waals surface area contributed by atoms with Crippen LogP contribution >= 0.6 is 0 Å². The van der Waals surface area contributed by atoms with Crippen LogP contribution in [-0.4, -0.2) is 80.6 Å². The molecule has 0 spiro atoms. The number of amides is 1. The summed E-state index contributed by atoms with van der Waals surface area (Å²) in [5.41, 5.74) is 2.39. The van der Waals surface area contributed by atoms with Gasteiger partial charge in [-0.1, -0.05) is 6.07 Å². The number of hydrogen-bond donors (Lipinski definition) is 1. The number of rotatable bonds is 9. The number of aromatic nitrogens is 3. The summed E-state index contributed by atoms with van der Waals surface area (Å²) in [6.45, 7) is 1.17. The molecule has 3 aromatic rings. The van der Waals surface area contributed by atoms with E-state index >= 15 is 0 Å². The minimum absolute atomic E-state index is 0.0803. The fraction of sp³-hybridized carbons (Fsp3) is 0.417. The molecule has 190 valence electrons. The van der Waals surface area contributed by atoms with Crippen molar-refractivity contribution >= 4 is 38.3 Å². The minimum Gasteiger partial charge on any atom is -0.479 e. The maximum atomic E-state index is 12.7. The molecule has 1 aliphatic carbocycles. The zero-order chi connectivity index (χ0) is 25.4. The van der Waals surface area contributed by atoms with Gasteiger partial charge in [-0.3, -0.25) is 14.4 Å². The Bertz CT molecular complexity index is 1420. The van der Waals surface area contributed by atoms with Crippen LogP contribution in [0.1, 0.15) is 19.3 Å². The highest BCUT2D eigenvalue weighted by molar-refractivity contribution is 7.93. The Morgan fingerprint density at radius 3 is 2.75 bits per heavy atom. The highest BCUT2D eigenvalue weighted by atomic mass is 32.2. The molecule has 1 saturated carbocycles. The maximum Gasteiger partial charge on any atom is 0.265 e. The monoisotopic (exact) mass is 512 g/mol. The van der Waals surface area contributed by atoms with E-state index in [1.54, 1.807) is 25.4 Å². The van der Waals surface area contributed by atoms with E-state index in [0.717, 1.165) is 18.5 Å². The van der Waals surface area contributed by atoms with Crippen LogP contribution in [-0.2, 0) is 14.8 Å². The quantitative estimate of drug-likeness (QED) is 0.430. The number of ether oxygens (including phenoxy) is 2. The SMILES string of the molecule is CN(C)CCCOc1ncc(-c2ccc3nnc4c(c3c2)OCC(=O)N4C)cc1NS(=O)(=O)C1CC1. The molecule has 0 saturated heterocycles. The molecule has 1 amide bonds. The number of nitrogens with zero attached hydrogens (tertiary/aromatic N) is 5. The molecular weight excluding hydrogens is 484 g/mol. The molecule has 1 N–H and O–H groups in total. The predicted octanol–water partition coefficient (Wildman–Crippen LogP) is 2.28. The summed E-state index contributed by atoms with van der Waals surface area (Å²) < 4.78 is 39.7. The highest BCUT2D eigenvalue weighted by Gasteiger charge is 2.36. The molecule has 36 heavy (non-hydrogen) atoms. The van der Waals surface area contributed by atoms with Gasteiger partial charge in [0.05, 0.1) is 17.4 Å². The first-order chi connectivity index (χ1) is 17.2. The van der Waals surface area contributed by atoms with E-state index in [0.29, 0.717) is 53.2 Å². The van der Waals surface area contributed by atoms with Crippen LogP contribution < -0.4 is 19.1 Å². The van der Waals surface area contributed by atoms with Crippen LogP contribution in [0.3, 0.4) is 0 Å². The normalized spacial score (nSPS) is 15.7. The van der Waals surface area contributed by atoms with Crippen LogP contribution in [0.5, 0.6) is 11.6 Å². The fourth-order valence-corrected chi connectivity index (χ4v) is 5.30. The molecule has 2 aliphatic rings. The van der Waals surface area contributed by atoms with Crippen molar-refractivity contribution in [2.75, 3.05) is 50.5 Å². The summed E-state index contributed by atoms with van der Waals surface area (Å²) in [6.07, 6.45) is 3.72. The fourth-order valence-electron chi connectivity index (χ4n) is 3.93. The van der Waals surface area contributed by atoms with E-state index in [2.05, 4.69) is 24.8 Å². The van der Waals surface area contributed by atoms with Crippen LogP contribution in [0.25, 0.3) is 22.0 Å². The van der Waals surface area contributed by atoms with E-state index in [1.807, 2.05) is 26.2 Å². The lowest BCUT2D eigenvalue weighted by molar-refractivity contribution is -0.121. The van der Waals surface area contributed by atoms with Crippen molar-refractivity contribution in [3.63, 3.8) is 0 Å². The molecule has 3 heterocycles. The molecule has 0 radical (unpaired) electrons. The molecule has 0 bridgehead atoms. The van der Waals surface area contributed by atoms with Gasteiger partial charge in [-0.15, -0.1) is 10.2 Å². The average molecular weight is 513 g/mol. The van der Waals surface area contributed by atoms with Crippen molar-refractivity contribution in [3.8, 4) is 22.8 Å². The van der Waals surface area contributed by atoms with Gasteiger partial charge in [0, 0.05) is 30.7 Å². The number of carbonyl (C=O) groups excluding carboxylic acids is 1. The second-order valence-electron chi connectivity index (χ2n) is 9.25. The minimum atomic E-state index is -3.52. The van der Waals surface area contributed by atoms with E-state index < -0.39 is 10.0 Å². The molecule has 1 fully saturated rings. The third-order valence-electron chi connectivity index (χ3n) is 6.12. The number of carbonyl (C=O) groups is 1. The maximum absolute atomic E-state index is 12.7. The van der Waals surface area contributed by atoms with E-state index in [9.17, 15) is 13.2 Å². The lowest BCUT2D eigenvalue weighted by Gasteiger charge is -2.25. The van der Waals surface area contributed by atoms with Crippen molar-refractivity contribution in [1.82, 2.24) is 20.1 Å². The lowest BCUT2D eigenvalue weighted by atomic mass is 10.0. The number of sulfonamides is 1. The Morgan fingerprint density at radius 2 is 2.00 bits per heavy atom. The summed E-state index contributed by atoms with van der Waals surface area (Å²) in [6, 6.07) is 7.26.